The lowest BCUT2D eigenvalue weighted by Crippen LogP contribution is -2.11. The van der Waals surface area contributed by atoms with Crippen LogP contribution >= 0.6 is 43.5 Å². The Labute approximate surface area is 143 Å². The smallest absolute Gasteiger partial charge is 0.248 e. The van der Waals surface area contributed by atoms with Crippen molar-refractivity contribution in [1.82, 2.24) is 0 Å². The highest BCUT2D eigenvalue weighted by Crippen LogP contribution is 2.33. The van der Waals surface area contributed by atoms with Crippen LogP contribution in [-0.4, -0.2) is 11.0 Å². The number of rotatable bonds is 4. The van der Waals surface area contributed by atoms with Gasteiger partial charge in [0.1, 0.15) is 5.75 Å². The number of anilines is 1. The van der Waals surface area contributed by atoms with Crippen molar-refractivity contribution in [1.29, 1.82) is 0 Å². The van der Waals surface area contributed by atoms with E-state index in [9.17, 15) is 9.90 Å². The van der Waals surface area contributed by atoms with Crippen LogP contribution in [0.2, 0.25) is 5.02 Å². The quantitative estimate of drug-likeness (QED) is 0.672. The summed E-state index contributed by atoms with van der Waals surface area (Å²) in [5.41, 5.74) is 7.17. The fourth-order valence-corrected chi connectivity index (χ4v) is 3.20. The van der Waals surface area contributed by atoms with Gasteiger partial charge >= 0.3 is 0 Å². The Bertz CT molecular complexity index is 684. The minimum atomic E-state index is -0.509. The number of nitrogens with two attached hydrogens (primary N) is 1. The molecular weight excluding hydrogens is 423 g/mol. The Balaban J connectivity index is 2.20. The van der Waals surface area contributed by atoms with Gasteiger partial charge in [-0.25, -0.2) is 0 Å². The van der Waals surface area contributed by atoms with E-state index < -0.39 is 5.91 Å². The zero-order valence-electron chi connectivity index (χ0n) is 10.7. The lowest BCUT2D eigenvalue weighted by atomic mass is 10.1. The number of primary amides is 1. The lowest BCUT2D eigenvalue weighted by Gasteiger charge is -2.11. The molecule has 2 rings (SSSR count). The molecule has 0 aliphatic carbocycles. The first kappa shape index (κ1) is 16.1. The van der Waals surface area contributed by atoms with Crippen LogP contribution < -0.4 is 11.1 Å². The summed E-state index contributed by atoms with van der Waals surface area (Å²) < 4.78 is 1.18. The number of benzene rings is 2. The van der Waals surface area contributed by atoms with E-state index in [1.165, 1.54) is 0 Å². The Kier molecular flexibility index (Phi) is 5.13. The average Bonchev–Trinajstić information content (AvgIpc) is 2.43. The van der Waals surface area contributed by atoms with Crippen molar-refractivity contribution in [2.45, 2.75) is 6.54 Å². The van der Waals surface area contributed by atoms with Crippen LogP contribution in [-0.2, 0) is 6.54 Å². The molecule has 0 bridgehead atoms. The van der Waals surface area contributed by atoms with E-state index in [0.717, 1.165) is 5.56 Å². The highest BCUT2D eigenvalue weighted by Gasteiger charge is 2.08. The minimum absolute atomic E-state index is 0.146. The van der Waals surface area contributed by atoms with E-state index >= 15 is 0 Å². The molecule has 0 aliphatic rings. The Morgan fingerprint density at radius 1 is 1.24 bits per heavy atom. The van der Waals surface area contributed by atoms with Crippen molar-refractivity contribution in [2.75, 3.05) is 5.32 Å². The van der Waals surface area contributed by atoms with Gasteiger partial charge in [-0.3, -0.25) is 4.79 Å². The minimum Gasteiger partial charge on any atom is -0.506 e. The number of aromatic hydroxyl groups is 1. The Morgan fingerprint density at radius 2 is 1.86 bits per heavy atom. The normalized spacial score (nSPS) is 10.4. The molecule has 0 aliphatic heterocycles. The molecule has 4 N–H and O–H groups in total. The molecule has 1 amide bonds. The highest BCUT2D eigenvalue weighted by molar-refractivity contribution is 9.11. The number of carbonyl (C=O) groups excluding carboxylic acids is 1. The summed E-state index contributed by atoms with van der Waals surface area (Å²) >= 11 is 12.6. The van der Waals surface area contributed by atoms with Crippen LogP contribution in [0.4, 0.5) is 5.69 Å². The van der Waals surface area contributed by atoms with Gasteiger partial charge in [-0.1, -0.05) is 11.6 Å². The van der Waals surface area contributed by atoms with E-state index in [0.29, 0.717) is 31.8 Å². The first-order chi connectivity index (χ1) is 9.88. The number of amides is 1. The largest absolute Gasteiger partial charge is 0.506 e. The second kappa shape index (κ2) is 6.68. The SMILES string of the molecule is NC(=O)c1ccc(Cl)c(NCc2cc(Br)c(O)c(Br)c2)c1. The molecule has 0 atom stereocenters. The van der Waals surface area contributed by atoms with Gasteiger partial charge in [0, 0.05) is 12.1 Å². The van der Waals surface area contributed by atoms with E-state index in [-0.39, 0.29) is 5.75 Å². The zero-order chi connectivity index (χ0) is 15.6. The molecule has 4 nitrogen and oxygen atoms in total. The molecule has 0 radical (unpaired) electrons. The van der Waals surface area contributed by atoms with Crippen LogP contribution in [0, 0.1) is 0 Å². The van der Waals surface area contributed by atoms with Gasteiger partial charge in [0.15, 0.2) is 0 Å². The van der Waals surface area contributed by atoms with Crippen LogP contribution in [0.25, 0.3) is 0 Å². The zero-order valence-corrected chi connectivity index (χ0v) is 14.6. The maximum atomic E-state index is 11.2. The Morgan fingerprint density at radius 3 is 2.43 bits per heavy atom. The molecule has 0 saturated heterocycles. The first-order valence-corrected chi connectivity index (χ1v) is 7.85. The molecule has 21 heavy (non-hydrogen) atoms. The summed E-state index contributed by atoms with van der Waals surface area (Å²) in [5.74, 6) is -0.364. The fourth-order valence-electron chi connectivity index (χ4n) is 1.73. The molecule has 7 heteroatoms. The molecule has 0 heterocycles. The van der Waals surface area contributed by atoms with Crippen LogP contribution in [0.1, 0.15) is 15.9 Å². The third kappa shape index (κ3) is 3.90. The number of halogens is 3. The first-order valence-electron chi connectivity index (χ1n) is 5.88. The third-order valence-corrected chi connectivity index (χ3v) is 4.35. The summed E-state index contributed by atoms with van der Waals surface area (Å²) in [6, 6.07) is 8.38. The average molecular weight is 435 g/mol. The van der Waals surface area contributed by atoms with Crippen molar-refractivity contribution >= 4 is 55.1 Å². The van der Waals surface area contributed by atoms with Gasteiger partial charge in [0.25, 0.3) is 0 Å². The molecule has 0 fully saturated rings. The predicted molar refractivity (Wildman–Crippen MR) is 90.8 cm³/mol. The molecule has 2 aromatic carbocycles. The number of carbonyl (C=O) groups is 1. The summed E-state index contributed by atoms with van der Waals surface area (Å²) in [5, 5.41) is 13.3. The maximum Gasteiger partial charge on any atom is 0.248 e. The molecule has 0 saturated carbocycles. The molecule has 110 valence electrons. The van der Waals surface area contributed by atoms with Crippen LogP contribution in [0.15, 0.2) is 39.3 Å². The van der Waals surface area contributed by atoms with Crippen molar-refractivity contribution in [3.63, 3.8) is 0 Å². The van der Waals surface area contributed by atoms with Crippen molar-refractivity contribution in [3.05, 3.63) is 55.4 Å². The summed E-state index contributed by atoms with van der Waals surface area (Å²) in [6.45, 7) is 0.472. The van der Waals surface area contributed by atoms with Crippen LogP contribution in [0.3, 0.4) is 0 Å². The molecule has 2 aromatic rings. The Hall–Kier alpha value is -1.24. The monoisotopic (exact) mass is 432 g/mol. The molecule has 0 aromatic heterocycles. The van der Waals surface area contributed by atoms with Gasteiger partial charge in [-0.2, -0.15) is 0 Å². The molecular formula is C14H11Br2ClN2O2. The number of phenols is 1. The topological polar surface area (TPSA) is 75.4 Å². The highest BCUT2D eigenvalue weighted by atomic mass is 79.9. The van der Waals surface area contributed by atoms with Gasteiger partial charge in [-0.05, 0) is 67.8 Å². The standard InChI is InChI=1S/C14H11Br2ClN2O2/c15-9-3-7(4-10(16)13(9)20)6-19-12-5-8(14(18)21)1-2-11(12)17/h1-5,19-20H,6H2,(H2,18,21). The molecule has 0 spiro atoms. The summed E-state index contributed by atoms with van der Waals surface area (Å²) in [6.07, 6.45) is 0. The van der Waals surface area contributed by atoms with Gasteiger partial charge < -0.3 is 16.2 Å². The van der Waals surface area contributed by atoms with E-state index in [1.54, 1.807) is 30.3 Å². The maximum absolute atomic E-state index is 11.2. The van der Waals surface area contributed by atoms with Gasteiger partial charge in [0.05, 0.1) is 19.7 Å². The van der Waals surface area contributed by atoms with Crippen molar-refractivity contribution in [3.8, 4) is 5.75 Å². The van der Waals surface area contributed by atoms with Crippen molar-refractivity contribution in [2.24, 2.45) is 5.73 Å². The number of hydrogen-bond donors (Lipinski definition) is 3. The number of nitrogens with one attached hydrogen (secondary N) is 1. The summed E-state index contributed by atoms with van der Waals surface area (Å²) in [7, 11) is 0. The number of phenolic OH excluding ortho intramolecular Hbond substituents is 1. The second-order valence-electron chi connectivity index (χ2n) is 4.32. The lowest BCUT2D eigenvalue weighted by molar-refractivity contribution is 0.100. The third-order valence-electron chi connectivity index (χ3n) is 2.81. The van der Waals surface area contributed by atoms with Crippen molar-refractivity contribution < 1.29 is 9.90 Å². The predicted octanol–water partition coefficient (Wildman–Crippen LogP) is 4.28. The second-order valence-corrected chi connectivity index (χ2v) is 6.44. The van der Waals surface area contributed by atoms with Gasteiger partial charge in [0.2, 0.25) is 5.91 Å². The van der Waals surface area contributed by atoms with E-state index in [1.807, 2.05) is 0 Å². The number of hydrogen-bond acceptors (Lipinski definition) is 3. The van der Waals surface area contributed by atoms with E-state index in [2.05, 4.69) is 37.2 Å². The fraction of sp³-hybridized carbons (Fsp3) is 0.0714. The molecule has 0 unspecified atom stereocenters. The van der Waals surface area contributed by atoms with Gasteiger partial charge in [-0.15, -0.1) is 0 Å². The van der Waals surface area contributed by atoms with E-state index in [4.69, 9.17) is 17.3 Å². The van der Waals surface area contributed by atoms with Crippen LogP contribution in [0.5, 0.6) is 5.75 Å². The summed E-state index contributed by atoms with van der Waals surface area (Å²) in [4.78, 5) is 11.2.